The minimum absolute atomic E-state index is 0.406. The van der Waals surface area contributed by atoms with Gasteiger partial charge >= 0.3 is 6.18 Å². The average Bonchev–Trinajstić information content (AvgIpc) is 2.81. The number of hydrazine groups is 1. The Hall–Kier alpha value is -2.15. The Balaban J connectivity index is 1.84. The van der Waals surface area contributed by atoms with Crippen molar-refractivity contribution in [2.45, 2.75) is 12.2 Å². The van der Waals surface area contributed by atoms with Crippen molar-refractivity contribution in [3.05, 3.63) is 59.7 Å². The summed E-state index contributed by atoms with van der Waals surface area (Å²) >= 11 is 0. The van der Waals surface area contributed by atoms with E-state index < -0.39 is 23.6 Å². The van der Waals surface area contributed by atoms with Gasteiger partial charge in [-0.3, -0.25) is 5.01 Å². The fourth-order valence-electron chi connectivity index (χ4n) is 2.02. The molecule has 20 heavy (non-hydrogen) atoms. The van der Waals surface area contributed by atoms with Gasteiger partial charge in [-0.1, -0.05) is 6.08 Å². The summed E-state index contributed by atoms with van der Waals surface area (Å²) in [5.41, 5.74) is 2.85. The van der Waals surface area contributed by atoms with E-state index in [0.29, 0.717) is 11.4 Å². The summed E-state index contributed by atoms with van der Waals surface area (Å²) in [6.45, 7) is 0. The van der Waals surface area contributed by atoms with Crippen LogP contribution in [0.1, 0.15) is 0 Å². The first-order chi connectivity index (χ1) is 9.43. The summed E-state index contributed by atoms with van der Waals surface area (Å²) < 4.78 is 50.7. The molecule has 1 unspecified atom stereocenters. The number of anilines is 1. The van der Waals surface area contributed by atoms with Gasteiger partial charge in [0.05, 0.1) is 17.8 Å². The van der Waals surface area contributed by atoms with Gasteiger partial charge in [-0.2, -0.15) is 13.2 Å². The molecule has 1 N–H and O–H groups in total. The zero-order valence-corrected chi connectivity index (χ0v) is 10.0. The molecule has 3 nitrogen and oxygen atoms in total. The topological polar surface area (TPSA) is 28.2 Å². The predicted molar refractivity (Wildman–Crippen MR) is 65.0 cm³/mol. The molecule has 0 aromatic carbocycles. The summed E-state index contributed by atoms with van der Waals surface area (Å²) in [7, 11) is 0. The van der Waals surface area contributed by atoms with Gasteiger partial charge in [-0.15, -0.1) is 0 Å². The molecule has 0 radical (unpaired) electrons. The van der Waals surface area contributed by atoms with Crippen LogP contribution in [0.3, 0.4) is 0 Å². The number of hydrogen-bond acceptors (Lipinski definition) is 3. The van der Waals surface area contributed by atoms with E-state index in [-0.39, 0.29) is 0 Å². The lowest BCUT2D eigenvalue weighted by atomic mass is 9.99. The summed E-state index contributed by atoms with van der Waals surface area (Å²) in [5.74, 6) is -0.0687. The van der Waals surface area contributed by atoms with Crippen LogP contribution < -0.4 is 10.4 Å². The summed E-state index contributed by atoms with van der Waals surface area (Å²) in [6.07, 6.45) is 1.85. The lowest BCUT2D eigenvalue weighted by Gasteiger charge is -2.20. The standard InChI is InChI=1S/C13H9F4N3/c14-10-3-4-12(18-6-10)20-7-8-1-2-9(13(15,16)17)5-11(8)19-20/h1-7,11,19H. The maximum atomic E-state index is 12.8. The van der Waals surface area contributed by atoms with Crippen LogP contribution in [0, 0.1) is 5.82 Å². The molecule has 1 aliphatic heterocycles. The van der Waals surface area contributed by atoms with Gasteiger partial charge in [0.2, 0.25) is 0 Å². The number of halogens is 4. The molecule has 1 aliphatic carbocycles. The first-order valence-electron chi connectivity index (χ1n) is 5.79. The van der Waals surface area contributed by atoms with Crippen molar-refractivity contribution in [2.75, 3.05) is 5.01 Å². The molecule has 3 rings (SSSR count). The highest BCUT2D eigenvalue weighted by Gasteiger charge is 2.36. The number of rotatable bonds is 1. The van der Waals surface area contributed by atoms with Crippen molar-refractivity contribution < 1.29 is 17.6 Å². The number of nitrogens with one attached hydrogen (secondary N) is 1. The Kier molecular flexibility index (Phi) is 2.86. The van der Waals surface area contributed by atoms with Gasteiger partial charge in [-0.25, -0.2) is 14.8 Å². The second-order valence-corrected chi connectivity index (χ2v) is 4.39. The number of pyridine rings is 1. The predicted octanol–water partition coefficient (Wildman–Crippen LogP) is 2.86. The SMILES string of the molecule is Fc1ccc(N2C=C3C=CC(C(F)(F)F)=CC3N2)nc1. The molecule has 1 aromatic rings. The Labute approximate surface area is 111 Å². The molecule has 2 aliphatic rings. The molecule has 1 atom stereocenters. The molecule has 0 fully saturated rings. The van der Waals surface area contributed by atoms with Gasteiger partial charge in [0.1, 0.15) is 11.6 Å². The summed E-state index contributed by atoms with van der Waals surface area (Å²) in [5, 5.41) is 1.47. The maximum absolute atomic E-state index is 12.8. The number of aromatic nitrogens is 1. The smallest absolute Gasteiger partial charge is 0.266 e. The minimum Gasteiger partial charge on any atom is -0.266 e. The van der Waals surface area contributed by atoms with Crippen LogP contribution in [0.15, 0.2) is 53.9 Å². The highest BCUT2D eigenvalue weighted by molar-refractivity contribution is 5.52. The normalized spacial score (nSPS) is 21.6. The van der Waals surface area contributed by atoms with E-state index in [4.69, 9.17) is 0 Å². The number of allylic oxidation sites excluding steroid dienone is 2. The Morgan fingerprint density at radius 2 is 2.00 bits per heavy atom. The van der Waals surface area contributed by atoms with Crippen LogP contribution in [-0.4, -0.2) is 17.2 Å². The third-order valence-corrected chi connectivity index (χ3v) is 3.00. The van der Waals surface area contributed by atoms with Crippen LogP contribution in [0.5, 0.6) is 0 Å². The average molecular weight is 283 g/mol. The number of fused-ring (bicyclic) bond motifs is 1. The van der Waals surface area contributed by atoms with Crippen LogP contribution in [0.2, 0.25) is 0 Å². The summed E-state index contributed by atoms with van der Waals surface area (Å²) in [4.78, 5) is 3.86. The molecular formula is C13H9F4N3. The van der Waals surface area contributed by atoms with Crippen molar-refractivity contribution in [1.29, 1.82) is 0 Å². The molecule has 0 bridgehead atoms. The second kappa shape index (κ2) is 4.45. The van der Waals surface area contributed by atoms with E-state index in [2.05, 4.69) is 10.4 Å². The van der Waals surface area contributed by atoms with Crippen molar-refractivity contribution in [1.82, 2.24) is 10.4 Å². The molecular weight excluding hydrogens is 274 g/mol. The summed E-state index contributed by atoms with van der Waals surface area (Å²) in [6, 6.07) is 2.11. The van der Waals surface area contributed by atoms with Gasteiger partial charge in [0.25, 0.3) is 0 Å². The number of hydrogen-bond donors (Lipinski definition) is 1. The number of nitrogens with zero attached hydrogens (tertiary/aromatic N) is 2. The molecule has 0 amide bonds. The Morgan fingerprint density at radius 1 is 1.20 bits per heavy atom. The third-order valence-electron chi connectivity index (χ3n) is 3.00. The second-order valence-electron chi connectivity index (χ2n) is 4.39. The van der Waals surface area contributed by atoms with Crippen LogP contribution in [0.25, 0.3) is 0 Å². The van der Waals surface area contributed by atoms with Crippen molar-refractivity contribution in [2.24, 2.45) is 0 Å². The van der Waals surface area contributed by atoms with Crippen LogP contribution >= 0.6 is 0 Å². The zero-order valence-electron chi connectivity index (χ0n) is 10.0. The monoisotopic (exact) mass is 283 g/mol. The van der Waals surface area contributed by atoms with E-state index in [9.17, 15) is 17.6 Å². The number of alkyl halides is 3. The molecule has 0 saturated carbocycles. The third kappa shape index (κ3) is 2.32. The molecule has 1 aromatic heterocycles. The highest BCUT2D eigenvalue weighted by atomic mass is 19.4. The molecule has 0 spiro atoms. The van der Waals surface area contributed by atoms with E-state index in [1.54, 1.807) is 6.20 Å². The van der Waals surface area contributed by atoms with E-state index in [1.807, 2.05) is 0 Å². The van der Waals surface area contributed by atoms with E-state index in [0.717, 1.165) is 18.3 Å². The maximum Gasteiger partial charge on any atom is 0.416 e. The van der Waals surface area contributed by atoms with E-state index >= 15 is 0 Å². The van der Waals surface area contributed by atoms with E-state index in [1.165, 1.54) is 23.2 Å². The first kappa shape index (κ1) is 12.9. The van der Waals surface area contributed by atoms with Gasteiger partial charge in [0, 0.05) is 6.20 Å². The quantitative estimate of drug-likeness (QED) is 0.803. The lowest BCUT2D eigenvalue weighted by Crippen LogP contribution is -2.36. The minimum atomic E-state index is -4.37. The van der Waals surface area contributed by atoms with Gasteiger partial charge in [0.15, 0.2) is 0 Å². The van der Waals surface area contributed by atoms with Gasteiger partial charge in [-0.05, 0) is 29.9 Å². The fourth-order valence-corrected chi connectivity index (χ4v) is 2.02. The molecule has 2 heterocycles. The van der Waals surface area contributed by atoms with Crippen molar-refractivity contribution >= 4 is 5.82 Å². The van der Waals surface area contributed by atoms with Crippen molar-refractivity contribution in [3.63, 3.8) is 0 Å². The molecule has 104 valence electrons. The lowest BCUT2D eigenvalue weighted by molar-refractivity contribution is -0.0886. The van der Waals surface area contributed by atoms with Gasteiger partial charge < -0.3 is 0 Å². The molecule has 7 heteroatoms. The van der Waals surface area contributed by atoms with Crippen molar-refractivity contribution in [3.8, 4) is 0 Å². The first-order valence-corrected chi connectivity index (χ1v) is 5.79. The van der Waals surface area contributed by atoms with Crippen LogP contribution in [0.4, 0.5) is 23.4 Å². The van der Waals surface area contributed by atoms with Crippen LogP contribution in [-0.2, 0) is 0 Å². The highest BCUT2D eigenvalue weighted by Crippen LogP contribution is 2.32. The Bertz CT molecular complexity index is 613. The largest absolute Gasteiger partial charge is 0.416 e. The Morgan fingerprint density at radius 3 is 2.65 bits per heavy atom. The molecule has 0 saturated heterocycles. The fraction of sp³-hybridized carbons (Fsp3) is 0.154. The zero-order chi connectivity index (χ0) is 14.3.